The monoisotopic (exact) mass is 324 g/mol. The first-order chi connectivity index (χ1) is 10.3. The van der Waals surface area contributed by atoms with Crippen molar-refractivity contribution >= 4 is 21.6 Å². The standard InChI is InChI=1S/C16H24N2O3S/c1-12(2)13-6-8-15(9-7-13)17-16(19)14-5-4-10-18(11-14)22(3,20)21/h6-9,12,14H,4-5,10-11H2,1-3H3,(H,17,19)/t14-/m0/s1. The molecule has 1 fully saturated rings. The highest BCUT2D eigenvalue weighted by atomic mass is 32.2. The summed E-state index contributed by atoms with van der Waals surface area (Å²) in [7, 11) is -3.23. The minimum atomic E-state index is -3.23. The number of piperidine rings is 1. The molecule has 1 heterocycles. The summed E-state index contributed by atoms with van der Waals surface area (Å²) in [6, 6.07) is 7.79. The summed E-state index contributed by atoms with van der Waals surface area (Å²) in [5, 5.41) is 2.89. The molecule has 1 N–H and O–H groups in total. The third-order valence-electron chi connectivity index (χ3n) is 4.07. The molecular weight excluding hydrogens is 300 g/mol. The summed E-state index contributed by atoms with van der Waals surface area (Å²) in [4.78, 5) is 12.3. The van der Waals surface area contributed by atoms with E-state index >= 15 is 0 Å². The fourth-order valence-corrected chi connectivity index (χ4v) is 3.56. The molecule has 5 nitrogen and oxygen atoms in total. The van der Waals surface area contributed by atoms with Crippen LogP contribution in [-0.2, 0) is 14.8 Å². The Labute approximate surface area is 132 Å². The lowest BCUT2D eigenvalue weighted by molar-refractivity contribution is -0.120. The first kappa shape index (κ1) is 17.0. The quantitative estimate of drug-likeness (QED) is 0.925. The van der Waals surface area contributed by atoms with Gasteiger partial charge >= 0.3 is 0 Å². The third kappa shape index (κ3) is 4.30. The summed E-state index contributed by atoms with van der Waals surface area (Å²) in [6.07, 6.45) is 2.64. The van der Waals surface area contributed by atoms with Gasteiger partial charge in [0.1, 0.15) is 0 Å². The zero-order valence-corrected chi connectivity index (χ0v) is 14.2. The summed E-state index contributed by atoms with van der Waals surface area (Å²) >= 11 is 0. The SMILES string of the molecule is CC(C)c1ccc(NC(=O)[C@H]2CCCN(S(C)(=O)=O)C2)cc1. The van der Waals surface area contributed by atoms with Gasteiger partial charge in [0.15, 0.2) is 0 Å². The van der Waals surface area contributed by atoms with Gasteiger partial charge in [-0.05, 0) is 36.5 Å². The number of hydrogen-bond acceptors (Lipinski definition) is 3. The van der Waals surface area contributed by atoms with E-state index < -0.39 is 10.0 Å². The van der Waals surface area contributed by atoms with Gasteiger partial charge in [0.25, 0.3) is 0 Å². The summed E-state index contributed by atoms with van der Waals surface area (Å²) in [5.74, 6) is 0.0605. The number of amides is 1. The molecule has 1 atom stereocenters. The predicted molar refractivity (Wildman–Crippen MR) is 88.3 cm³/mol. The fraction of sp³-hybridized carbons (Fsp3) is 0.562. The number of carbonyl (C=O) groups excluding carboxylic acids is 1. The molecule has 0 unspecified atom stereocenters. The highest BCUT2D eigenvalue weighted by Crippen LogP contribution is 2.22. The molecule has 1 aliphatic heterocycles. The zero-order chi connectivity index (χ0) is 16.3. The van der Waals surface area contributed by atoms with Crippen molar-refractivity contribution in [1.82, 2.24) is 4.31 Å². The first-order valence-corrected chi connectivity index (χ1v) is 9.48. The lowest BCUT2D eigenvalue weighted by atomic mass is 9.98. The fourth-order valence-electron chi connectivity index (χ4n) is 2.65. The Kier molecular flexibility index (Phi) is 5.24. The highest BCUT2D eigenvalue weighted by Gasteiger charge is 2.30. The van der Waals surface area contributed by atoms with Crippen LogP contribution in [0.15, 0.2) is 24.3 Å². The van der Waals surface area contributed by atoms with Crippen LogP contribution in [0.2, 0.25) is 0 Å². The van der Waals surface area contributed by atoms with Crippen LogP contribution in [-0.4, -0.2) is 38.0 Å². The molecule has 1 aromatic rings. The van der Waals surface area contributed by atoms with E-state index in [9.17, 15) is 13.2 Å². The van der Waals surface area contributed by atoms with Gasteiger partial charge in [0, 0.05) is 18.8 Å². The minimum absolute atomic E-state index is 0.106. The third-order valence-corrected chi connectivity index (χ3v) is 5.34. The van der Waals surface area contributed by atoms with Crippen molar-refractivity contribution in [2.75, 3.05) is 24.7 Å². The van der Waals surface area contributed by atoms with Crippen LogP contribution < -0.4 is 5.32 Å². The molecule has 0 spiro atoms. The Morgan fingerprint density at radius 2 is 1.91 bits per heavy atom. The molecule has 1 aliphatic rings. The van der Waals surface area contributed by atoms with E-state index in [4.69, 9.17) is 0 Å². The molecular formula is C16H24N2O3S. The van der Waals surface area contributed by atoms with Crippen LogP contribution in [0.4, 0.5) is 5.69 Å². The van der Waals surface area contributed by atoms with E-state index in [1.807, 2.05) is 24.3 Å². The number of nitrogens with one attached hydrogen (secondary N) is 1. The Balaban J connectivity index is 1.99. The summed E-state index contributed by atoms with van der Waals surface area (Å²) in [5.41, 5.74) is 1.98. The number of sulfonamides is 1. The second-order valence-electron chi connectivity index (χ2n) is 6.23. The molecule has 0 saturated carbocycles. The van der Waals surface area contributed by atoms with Crippen LogP contribution >= 0.6 is 0 Å². The maximum Gasteiger partial charge on any atom is 0.228 e. The number of anilines is 1. The predicted octanol–water partition coefficient (Wildman–Crippen LogP) is 2.42. The Bertz CT molecular complexity index is 623. The van der Waals surface area contributed by atoms with Gasteiger partial charge in [-0.3, -0.25) is 4.79 Å². The van der Waals surface area contributed by atoms with Crippen LogP contribution in [0.1, 0.15) is 38.2 Å². The molecule has 1 aromatic carbocycles. The second kappa shape index (κ2) is 6.79. The van der Waals surface area contributed by atoms with Crippen molar-refractivity contribution in [3.05, 3.63) is 29.8 Å². The zero-order valence-electron chi connectivity index (χ0n) is 13.4. The van der Waals surface area contributed by atoms with E-state index in [1.54, 1.807) is 0 Å². The summed E-state index contributed by atoms with van der Waals surface area (Å²) < 4.78 is 24.6. The van der Waals surface area contributed by atoms with Gasteiger partial charge in [0.2, 0.25) is 15.9 Å². The molecule has 0 bridgehead atoms. The highest BCUT2D eigenvalue weighted by molar-refractivity contribution is 7.88. The van der Waals surface area contributed by atoms with Crippen molar-refractivity contribution in [2.24, 2.45) is 5.92 Å². The average molecular weight is 324 g/mol. The van der Waals surface area contributed by atoms with Crippen LogP contribution in [0.3, 0.4) is 0 Å². The Hall–Kier alpha value is -1.40. The maximum absolute atomic E-state index is 12.3. The molecule has 0 radical (unpaired) electrons. The van der Waals surface area contributed by atoms with Gasteiger partial charge in [-0.1, -0.05) is 26.0 Å². The van der Waals surface area contributed by atoms with Crippen LogP contribution in [0.25, 0.3) is 0 Å². The van der Waals surface area contributed by atoms with Crippen molar-refractivity contribution in [3.8, 4) is 0 Å². The smallest absolute Gasteiger partial charge is 0.228 e. The minimum Gasteiger partial charge on any atom is -0.326 e. The van der Waals surface area contributed by atoms with Gasteiger partial charge in [-0.15, -0.1) is 0 Å². The number of carbonyl (C=O) groups is 1. The van der Waals surface area contributed by atoms with E-state index in [0.29, 0.717) is 12.5 Å². The number of rotatable bonds is 4. The maximum atomic E-state index is 12.3. The largest absolute Gasteiger partial charge is 0.326 e. The van der Waals surface area contributed by atoms with Crippen molar-refractivity contribution in [1.29, 1.82) is 0 Å². The van der Waals surface area contributed by atoms with Gasteiger partial charge in [-0.25, -0.2) is 12.7 Å². The van der Waals surface area contributed by atoms with E-state index in [0.717, 1.165) is 18.5 Å². The molecule has 122 valence electrons. The summed E-state index contributed by atoms with van der Waals surface area (Å²) in [6.45, 7) is 5.02. The molecule has 22 heavy (non-hydrogen) atoms. The second-order valence-corrected chi connectivity index (χ2v) is 8.21. The van der Waals surface area contributed by atoms with Crippen molar-refractivity contribution in [3.63, 3.8) is 0 Å². The first-order valence-electron chi connectivity index (χ1n) is 7.63. The van der Waals surface area contributed by atoms with Gasteiger partial charge in [0.05, 0.1) is 12.2 Å². The number of nitrogens with zero attached hydrogens (tertiary/aromatic N) is 1. The van der Waals surface area contributed by atoms with Crippen molar-refractivity contribution in [2.45, 2.75) is 32.6 Å². The van der Waals surface area contributed by atoms with Gasteiger partial charge in [-0.2, -0.15) is 0 Å². The van der Waals surface area contributed by atoms with Crippen LogP contribution in [0.5, 0.6) is 0 Å². The number of benzene rings is 1. The normalized spacial score (nSPS) is 20.1. The lowest BCUT2D eigenvalue weighted by Gasteiger charge is -2.30. The van der Waals surface area contributed by atoms with Crippen molar-refractivity contribution < 1.29 is 13.2 Å². The van der Waals surface area contributed by atoms with Crippen LogP contribution in [0, 0.1) is 5.92 Å². The topological polar surface area (TPSA) is 66.5 Å². The Morgan fingerprint density at radius 1 is 1.27 bits per heavy atom. The molecule has 1 amide bonds. The molecule has 6 heteroatoms. The average Bonchev–Trinajstić information content (AvgIpc) is 2.47. The van der Waals surface area contributed by atoms with E-state index in [1.165, 1.54) is 16.1 Å². The van der Waals surface area contributed by atoms with E-state index in [-0.39, 0.29) is 18.4 Å². The molecule has 0 aromatic heterocycles. The molecule has 0 aliphatic carbocycles. The molecule has 1 saturated heterocycles. The number of hydrogen-bond donors (Lipinski definition) is 1. The Morgan fingerprint density at radius 3 is 2.45 bits per heavy atom. The lowest BCUT2D eigenvalue weighted by Crippen LogP contribution is -2.43. The van der Waals surface area contributed by atoms with E-state index in [2.05, 4.69) is 19.2 Å². The van der Waals surface area contributed by atoms with Gasteiger partial charge < -0.3 is 5.32 Å². The molecule has 2 rings (SSSR count).